The van der Waals surface area contributed by atoms with Crippen LogP contribution in [0.2, 0.25) is 0 Å². The number of hydrogen-bond acceptors (Lipinski definition) is 6. The predicted molar refractivity (Wildman–Crippen MR) is 63.1 cm³/mol. The summed E-state index contributed by atoms with van der Waals surface area (Å²) in [7, 11) is 3.20. The Kier molecular flexibility index (Phi) is 6.18. The van der Waals surface area contributed by atoms with Gasteiger partial charge in [-0.15, -0.1) is 0 Å². The number of carbonyl (C=O) groups excluding carboxylic acids is 2. The molecular formula is C9H17N5O4. The van der Waals surface area contributed by atoms with Gasteiger partial charge < -0.3 is 14.4 Å². The number of nitrogens with one attached hydrogen (secondary N) is 4. The molecule has 9 heteroatoms. The molecule has 1 amide bonds. The number of rotatable bonds is 2. The van der Waals surface area contributed by atoms with Gasteiger partial charge in [-0.2, -0.15) is 0 Å². The summed E-state index contributed by atoms with van der Waals surface area (Å²) in [6, 6.07) is 0. The Bertz CT molecular complexity index is 355. The van der Waals surface area contributed by atoms with Gasteiger partial charge in [-0.1, -0.05) is 0 Å². The number of hydrogen-bond donors (Lipinski definition) is 4. The first kappa shape index (κ1) is 15.7. The van der Waals surface area contributed by atoms with E-state index in [1.807, 2.05) is 5.32 Å². The van der Waals surface area contributed by atoms with Crippen LogP contribution in [0.25, 0.3) is 0 Å². The van der Waals surface area contributed by atoms with Crippen LogP contribution >= 0.6 is 0 Å². The fourth-order valence-electron chi connectivity index (χ4n) is 0.801. The summed E-state index contributed by atoms with van der Waals surface area (Å²) in [4.78, 5) is 23.2. The van der Waals surface area contributed by atoms with Crippen molar-refractivity contribution in [2.45, 2.75) is 20.1 Å². The summed E-state index contributed by atoms with van der Waals surface area (Å²) in [5.41, 5.74) is 0. The van der Waals surface area contributed by atoms with Crippen molar-refractivity contribution in [2.75, 3.05) is 14.1 Å². The molecule has 1 atom stereocenters. The second-order valence-electron chi connectivity index (χ2n) is 3.45. The lowest BCUT2D eigenvalue weighted by Crippen LogP contribution is -2.47. The van der Waals surface area contributed by atoms with Crippen molar-refractivity contribution >= 4 is 24.0 Å². The molecule has 102 valence electrons. The average molecular weight is 259 g/mol. The van der Waals surface area contributed by atoms with Crippen LogP contribution in [0.4, 0.5) is 4.79 Å². The van der Waals surface area contributed by atoms with E-state index in [1.165, 1.54) is 18.7 Å². The van der Waals surface area contributed by atoms with Crippen molar-refractivity contribution in [1.82, 2.24) is 15.5 Å². The van der Waals surface area contributed by atoms with Crippen LogP contribution in [0.3, 0.4) is 0 Å². The number of alkyl carbamates (subject to hydrolysis) is 1. The highest BCUT2D eigenvalue weighted by Gasteiger charge is 2.13. The molecule has 0 aromatic carbocycles. The molecule has 9 nitrogen and oxygen atoms in total. The molecule has 0 aliphatic rings. The molecule has 0 rings (SSSR count). The number of nitrogens with zero attached hydrogens (tertiary/aromatic N) is 1. The maximum Gasteiger partial charge on any atom is 0.417 e. The van der Waals surface area contributed by atoms with Crippen molar-refractivity contribution in [1.29, 1.82) is 10.8 Å². The molecule has 0 saturated heterocycles. The number of carbonyl (C=O) groups is 2. The summed E-state index contributed by atoms with van der Waals surface area (Å²) in [6.07, 6.45) is -2.02. The lowest BCUT2D eigenvalue weighted by atomic mass is 10.7. The predicted octanol–water partition coefficient (Wildman–Crippen LogP) is -0.358. The molecule has 0 saturated carbocycles. The molecule has 0 aliphatic heterocycles. The first-order valence-electron chi connectivity index (χ1n) is 4.98. The highest BCUT2D eigenvalue weighted by atomic mass is 16.7. The van der Waals surface area contributed by atoms with Crippen LogP contribution in [0.15, 0.2) is 0 Å². The fourth-order valence-corrected chi connectivity index (χ4v) is 0.801. The van der Waals surface area contributed by atoms with Gasteiger partial charge >= 0.3 is 12.1 Å². The molecule has 0 fully saturated rings. The maximum absolute atomic E-state index is 11.2. The van der Waals surface area contributed by atoms with E-state index < -0.39 is 24.3 Å². The Labute approximate surface area is 104 Å². The number of ether oxygens (including phenoxy) is 2. The summed E-state index contributed by atoms with van der Waals surface area (Å²) in [6.45, 7) is 2.54. The average Bonchev–Trinajstić information content (AvgIpc) is 2.14. The molecule has 0 aromatic heterocycles. The third kappa shape index (κ3) is 7.04. The largest absolute Gasteiger partial charge is 0.426 e. The van der Waals surface area contributed by atoms with Gasteiger partial charge in [-0.05, 0) is 0 Å². The Balaban J connectivity index is 4.05. The van der Waals surface area contributed by atoms with Crippen molar-refractivity contribution in [2.24, 2.45) is 0 Å². The zero-order chi connectivity index (χ0) is 14.3. The first-order chi connectivity index (χ1) is 8.22. The summed E-state index contributed by atoms with van der Waals surface area (Å²) in [5.74, 6) is -1.08. The minimum Gasteiger partial charge on any atom is -0.426 e. The second kappa shape index (κ2) is 7.09. The summed E-state index contributed by atoms with van der Waals surface area (Å²) < 4.78 is 9.17. The standard InChI is InChI=1S/C9H17N5O4/c1-5(15)17-6(2)18-9(16)13-7(10)12-8(11)14(3)4/h6H,1-4H3,(H4,10,11,12,13,16). The van der Waals surface area contributed by atoms with Gasteiger partial charge in [0, 0.05) is 27.9 Å². The minimum absolute atomic E-state index is 0.0756. The van der Waals surface area contributed by atoms with E-state index in [0.717, 1.165) is 0 Å². The van der Waals surface area contributed by atoms with E-state index in [0.29, 0.717) is 0 Å². The van der Waals surface area contributed by atoms with Crippen molar-refractivity contribution < 1.29 is 19.1 Å². The molecule has 18 heavy (non-hydrogen) atoms. The molecule has 4 N–H and O–H groups in total. The fraction of sp³-hybridized carbons (Fsp3) is 0.556. The number of esters is 1. The van der Waals surface area contributed by atoms with Gasteiger partial charge in [0.25, 0.3) is 0 Å². The second-order valence-corrected chi connectivity index (χ2v) is 3.45. The Morgan fingerprint density at radius 3 is 2.17 bits per heavy atom. The zero-order valence-electron chi connectivity index (χ0n) is 10.7. The third-order valence-electron chi connectivity index (χ3n) is 1.52. The van der Waals surface area contributed by atoms with E-state index in [2.05, 4.69) is 14.8 Å². The lowest BCUT2D eigenvalue weighted by Gasteiger charge is -2.17. The Morgan fingerprint density at radius 2 is 1.72 bits per heavy atom. The quantitative estimate of drug-likeness (QED) is 0.232. The summed E-state index contributed by atoms with van der Waals surface area (Å²) >= 11 is 0. The molecule has 0 radical (unpaired) electrons. The third-order valence-corrected chi connectivity index (χ3v) is 1.52. The molecule has 0 aromatic rings. The number of amides is 1. The SMILES string of the molecule is CC(=O)OC(C)OC(=O)NC(=N)NC(=N)N(C)C. The molecular weight excluding hydrogens is 242 g/mol. The maximum atomic E-state index is 11.2. The van der Waals surface area contributed by atoms with Gasteiger partial charge in [-0.25, -0.2) is 4.79 Å². The minimum atomic E-state index is -1.05. The van der Waals surface area contributed by atoms with Crippen LogP contribution in [0, 0.1) is 10.8 Å². The van der Waals surface area contributed by atoms with E-state index >= 15 is 0 Å². The van der Waals surface area contributed by atoms with E-state index in [9.17, 15) is 9.59 Å². The molecule has 0 bridgehead atoms. The van der Waals surface area contributed by atoms with Gasteiger partial charge in [-0.3, -0.25) is 26.2 Å². The van der Waals surface area contributed by atoms with Gasteiger partial charge in [0.1, 0.15) is 0 Å². The Morgan fingerprint density at radius 1 is 1.17 bits per heavy atom. The zero-order valence-corrected chi connectivity index (χ0v) is 10.7. The van der Waals surface area contributed by atoms with Gasteiger partial charge in [0.15, 0.2) is 5.96 Å². The molecule has 1 unspecified atom stereocenters. The van der Waals surface area contributed by atoms with E-state index in [1.54, 1.807) is 14.1 Å². The number of guanidine groups is 2. The highest BCUT2D eigenvalue weighted by Crippen LogP contribution is 1.94. The van der Waals surface area contributed by atoms with Crippen LogP contribution in [-0.4, -0.2) is 49.3 Å². The monoisotopic (exact) mass is 259 g/mol. The van der Waals surface area contributed by atoms with E-state index in [4.69, 9.17) is 10.8 Å². The topological polar surface area (TPSA) is 128 Å². The van der Waals surface area contributed by atoms with Crippen molar-refractivity contribution in [3.8, 4) is 0 Å². The molecule has 0 heterocycles. The molecule has 0 aliphatic carbocycles. The lowest BCUT2D eigenvalue weighted by molar-refractivity contribution is -0.161. The van der Waals surface area contributed by atoms with E-state index in [-0.39, 0.29) is 5.96 Å². The summed E-state index contributed by atoms with van der Waals surface area (Å²) in [5, 5.41) is 19.0. The van der Waals surface area contributed by atoms with Crippen LogP contribution < -0.4 is 10.6 Å². The smallest absolute Gasteiger partial charge is 0.417 e. The van der Waals surface area contributed by atoms with Crippen LogP contribution in [0.5, 0.6) is 0 Å². The van der Waals surface area contributed by atoms with Crippen molar-refractivity contribution in [3.05, 3.63) is 0 Å². The van der Waals surface area contributed by atoms with Gasteiger partial charge in [0.05, 0.1) is 0 Å². The van der Waals surface area contributed by atoms with Crippen LogP contribution in [0.1, 0.15) is 13.8 Å². The highest BCUT2D eigenvalue weighted by molar-refractivity contribution is 6.01. The normalized spacial score (nSPS) is 10.9. The Hall–Kier alpha value is -2.32. The molecule has 0 spiro atoms. The van der Waals surface area contributed by atoms with Crippen molar-refractivity contribution in [3.63, 3.8) is 0 Å². The van der Waals surface area contributed by atoms with Gasteiger partial charge in [0.2, 0.25) is 12.2 Å². The first-order valence-corrected chi connectivity index (χ1v) is 4.98. The van der Waals surface area contributed by atoms with Crippen LogP contribution in [-0.2, 0) is 14.3 Å².